The van der Waals surface area contributed by atoms with Gasteiger partial charge in [0.1, 0.15) is 0 Å². The van der Waals surface area contributed by atoms with E-state index in [2.05, 4.69) is 10.1 Å². The number of fused-ring (bicyclic) bond motifs is 2. The molecule has 0 bridgehead atoms. The maximum absolute atomic E-state index is 13.0. The zero-order valence-electron chi connectivity index (χ0n) is 12.0. The van der Waals surface area contributed by atoms with Crippen molar-refractivity contribution in [3.63, 3.8) is 0 Å². The van der Waals surface area contributed by atoms with Crippen LogP contribution >= 0.6 is 11.3 Å². The van der Waals surface area contributed by atoms with Gasteiger partial charge in [-0.1, -0.05) is 47.7 Å². The third kappa shape index (κ3) is 2.26. The molecule has 0 saturated heterocycles. The minimum absolute atomic E-state index is 0.288. The van der Waals surface area contributed by atoms with Crippen LogP contribution in [0.5, 0.6) is 0 Å². The van der Waals surface area contributed by atoms with Crippen molar-refractivity contribution in [1.29, 1.82) is 5.41 Å². The summed E-state index contributed by atoms with van der Waals surface area (Å²) < 4.78 is 39.9. The fourth-order valence-electron chi connectivity index (χ4n) is 2.60. The molecule has 4 nitrogen and oxygen atoms in total. The molecule has 120 valence electrons. The molecule has 0 unspecified atom stereocenters. The normalized spacial score (nSPS) is 12.1. The number of hydrogen-bond acceptors (Lipinski definition) is 4. The number of pyridine rings is 1. The smallest absolute Gasteiger partial charge is 0.273 e. The fourth-order valence-corrected chi connectivity index (χ4v) is 3.24. The first-order valence-electron chi connectivity index (χ1n) is 6.95. The molecule has 1 N–H and O–H groups in total. The number of nitrogens with one attached hydrogen (secondary N) is 1. The van der Waals surface area contributed by atoms with Gasteiger partial charge in [-0.15, -0.1) is 5.10 Å². The highest BCUT2D eigenvalue weighted by Crippen LogP contribution is 2.32. The Bertz CT molecular complexity index is 1070. The highest BCUT2D eigenvalue weighted by atomic mass is 32.1. The van der Waals surface area contributed by atoms with Crippen molar-refractivity contribution in [1.82, 2.24) is 14.8 Å². The van der Waals surface area contributed by atoms with Crippen molar-refractivity contribution >= 4 is 33.1 Å². The van der Waals surface area contributed by atoms with Crippen LogP contribution in [0.1, 0.15) is 5.01 Å². The molecule has 0 saturated carbocycles. The minimum atomic E-state index is -4.58. The second-order valence-electron chi connectivity index (χ2n) is 5.12. The molecule has 0 aliphatic carbocycles. The van der Waals surface area contributed by atoms with Gasteiger partial charge in [0.05, 0.1) is 16.7 Å². The van der Waals surface area contributed by atoms with Crippen molar-refractivity contribution in [2.45, 2.75) is 6.18 Å². The van der Waals surface area contributed by atoms with Gasteiger partial charge in [-0.05, 0) is 12.1 Å². The zero-order chi connectivity index (χ0) is 16.9. The average molecular weight is 346 g/mol. The van der Waals surface area contributed by atoms with Gasteiger partial charge in [0.15, 0.2) is 0 Å². The Morgan fingerprint density at radius 3 is 1.96 bits per heavy atom. The monoisotopic (exact) mass is 346 g/mol. The first-order chi connectivity index (χ1) is 11.4. The molecule has 2 aromatic heterocycles. The maximum Gasteiger partial charge on any atom is 0.445 e. The Kier molecular flexibility index (Phi) is 3.17. The van der Waals surface area contributed by atoms with Crippen LogP contribution in [0, 0.1) is 5.41 Å². The van der Waals surface area contributed by atoms with Crippen LogP contribution in [0.25, 0.3) is 27.5 Å². The SMILES string of the molecule is N=c1sc(C(F)(F)F)nn1-c1c2ccccc2nc2ccccc12. The number of rotatable bonds is 1. The van der Waals surface area contributed by atoms with Gasteiger partial charge in [0.25, 0.3) is 0 Å². The summed E-state index contributed by atoms with van der Waals surface area (Å²) in [4.78, 5) is 4.24. The fraction of sp³-hybridized carbons (Fsp3) is 0.0625. The third-order valence-electron chi connectivity index (χ3n) is 3.59. The summed E-state index contributed by atoms with van der Waals surface area (Å²) in [5.74, 6) is 0. The quantitative estimate of drug-likeness (QED) is 0.527. The van der Waals surface area contributed by atoms with E-state index in [9.17, 15) is 13.2 Å². The lowest BCUT2D eigenvalue weighted by atomic mass is 10.1. The number of hydrogen-bond donors (Lipinski definition) is 1. The largest absolute Gasteiger partial charge is 0.445 e. The highest BCUT2D eigenvalue weighted by molar-refractivity contribution is 7.08. The number of para-hydroxylation sites is 2. The highest BCUT2D eigenvalue weighted by Gasteiger charge is 2.36. The molecule has 0 amide bonds. The van der Waals surface area contributed by atoms with Crippen molar-refractivity contribution in [3.05, 3.63) is 58.3 Å². The first kappa shape index (κ1) is 14.8. The van der Waals surface area contributed by atoms with E-state index >= 15 is 0 Å². The Morgan fingerprint density at radius 1 is 0.917 bits per heavy atom. The summed E-state index contributed by atoms with van der Waals surface area (Å²) in [6.07, 6.45) is -4.58. The van der Waals surface area contributed by atoms with Crippen LogP contribution < -0.4 is 4.80 Å². The zero-order valence-corrected chi connectivity index (χ0v) is 12.8. The molecule has 0 aliphatic heterocycles. The van der Waals surface area contributed by atoms with Crippen LogP contribution in [0.4, 0.5) is 13.2 Å². The van der Waals surface area contributed by atoms with Crippen LogP contribution in [0.15, 0.2) is 48.5 Å². The first-order valence-corrected chi connectivity index (χ1v) is 7.76. The molecule has 4 rings (SSSR count). The predicted octanol–water partition coefficient (Wildman–Crippen LogP) is 4.13. The van der Waals surface area contributed by atoms with Gasteiger partial charge in [0.2, 0.25) is 9.81 Å². The van der Waals surface area contributed by atoms with Gasteiger partial charge < -0.3 is 0 Å². The molecule has 0 aliphatic rings. The van der Waals surface area contributed by atoms with E-state index in [1.807, 2.05) is 12.1 Å². The van der Waals surface area contributed by atoms with E-state index < -0.39 is 11.2 Å². The molecule has 2 heterocycles. The Labute approximate surface area is 137 Å². The van der Waals surface area contributed by atoms with Crippen molar-refractivity contribution < 1.29 is 13.2 Å². The topological polar surface area (TPSA) is 54.6 Å². The third-order valence-corrected chi connectivity index (χ3v) is 4.46. The van der Waals surface area contributed by atoms with Gasteiger partial charge in [-0.25, -0.2) is 9.67 Å². The average Bonchev–Trinajstić information content (AvgIpc) is 2.94. The van der Waals surface area contributed by atoms with Gasteiger partial charge in [0, 0.05) is 10.8 Å². The van der Waals surface area contributed by atoms with Gasteiger partial charge in [-0.2, -0.15) is 13.2 Å². The van der Waals surface area contributed by atoms with Crippen LogP contribution in [-0.4, -0.2) is 14.8 Å². The number of alkyl halides is 3. The molecule has 0 atom stereocenters. The van der Waals surface area contributed by atoms with E-state index in [1.54, 1.807) is 36.4 Å². The summed E-state index contributed by atoms with van der Waals surface area (Å²) in [5.41, 5.74) is 1.72. The number of halogens is 3. The minimum Gasteiger partial charge on any atom is -0.273 e. The molecule has 2 aromatic carbocycles. The number of benzene rings is 2. The molecule has 0 spiro atoms. The van der Waals surface area contributed by atoms with E-state index in [0.717, 1.165) is 4.68 Å². The van der Waals surface area contributed by atoms with E-state index in [1.165, 1.54) is 0 Å². The standard InChI is InChI=1S/C16H9F3N4S/c17-16(18,19)14-22-23(15(20)24-14)13-9-5-1-3-7-11(9)21-12-8-4-2-6-10(12)13/h1-8,20H. The number of nitrogens with zero attached hydrogens (tertiary/aromatic N) is 3. The van der Waals surface area contributed by atoms with E-state index in [4.69, 9.17) is 5.41 Å². The van der Waals surface area contributed by atoms with E-state index in [0.29, 0.717) is 38.8 Å². The predicted molar refractivity (Wildman–Crippen MR) is 85.1 cm³/mol. The Balaban J connectivity index is 2.15. The second kappa shape index (κ2) is 5.13. The summed E-state index contributed by atoms with van der Waals surface area (Å²) in [5, 5.41) is 11.9. The maximum atomic E-state index is 13.0. The summed E-state index contributed by atoms with van der Waals surface area (Å²) in [6.45, 7) is 0. The van der Waals surface area contributed by atoms with E-state index in [-0.39, 0.29) is 4.80 Å². The molecule has 0 fully saturated rings. The lowest BCUT2D eigenvalue weighted by Gasteiger charge is -2.10. The summed E-state index contributed by atoms with van der Waals surface area (Å²) in [7, 11) is 0. The molecule has 24 heavy (non-hydrogen) atoms. The summed E-state index contributed by atoms with van der Waals surface area (Å²) in [6, 6.07) is 14.3. The van der Waals surface area contributed by atoms with Crippen molar-refractivity contribution in [3.8, 4) is 5.69 Å². The summed E-state index contributed by atoms with van der Waals surface area (Å²) >= 11 is 0.306. The number of aromatic nitrogens is 3. The lowest BCUT2D eigenvalue weighted by molar-refractivity contribution is -0.138. The van der Waals surface area contributed by atoms with Crippen LogP contribution in [-0.2, 0) is 6.18 Å². The Hall–Kier alpha value is -2.74. The molecular formula is C16H9F3N4S. The van der Waals surface area contributed by atoms with Crippen LogP contribution in [0.2, 0.25) is 0 Å². The molecular weight excluding hydrogens is 337 g/mol. The molecule has 8 heteroatoms. The lowest BCUT2D eigenvalue weighted by Crippen LogP contribution is -2.14. The second-order valence-corrected chi connectivity index (χ2v) is 6.09. The van der Waals surface area contributed by atoms with Crippen molar-refractivity contribution in [2.24, 2.45) is 0 Å². The van der Waals surface area contributed by atoms with Gasteiger partial charge >= 0.3 is 6.18 Å². The van der Waals surface area contributed by atoms with Crippen molar-refractivity contribution in [2.75, 3.05) is 0 Å². The molecule has 0 radical (unpaired) electrons. The van der Waals surface area contributed by atoms with Gasteiger partial charge in [-0.3, -0.25) is 5.41 Å². The molecule has 4 aromatic rings. The van der Waals surface area contributed by atoms with Crippen LogP contribution in [0.3, 0.4) is 0 Å². The Morgan fingerprint density at radius 2 is 1.46 bits per heavy atom.